The van der Waals surface area contributed by atoms with Crippen molar-refractivity contribution in [3.05, 3.63) is 0 Å². The van der Waals surface area contributed by atoms with Crippen molar-refractivity contribution < 1.29 is 14.7 Å². The van der Waals surface area contributed by atoms with Gasteiger partial charge in [-0.1, -0.05) is 11.7 Å². The Morgan fingerprint density at radius 3 is 1.75 bits per heavy atom. The molecule has 0 spiro atoms. The fourth-order valence-corrected chi connectivity index (χ4v) is 1.02. The van der Waals surface area contributed by atoms with Crippen LogP contribution in [-0.4, -0.2) is 39.7 Å². The van der Waals surface area contributed by atoms with E-state index in [9.17, 15) is 0 Å². The van der Waals surface area contributed by atoms with Crippen molar-refractivity contribution in [2.75, 3.05) is 0 Å². The number of hydrogen-bond acceptors (Lipinski definition) is 4. The first-order chi connectivity index (χ1) is 7.45. The average Bonchev–Trinajstić information content (AvgIpc) is 2.18. The van der Waals surface area contributed by atoms with Crippen molar-refractivity contribution in [2.45, 2.75) is 66.1 Å². The smallest absolute Gasteiger partial charge is 0.163 e. The van der Waals surface area contributed by atoms with Crippen molar-refractivity contribution in [3.8, 4) is 0 Å². The Labute approximate surface area is 102 Å². The predicted molar refractivity (Wildman–Crippen MR) is 71.5 cm³/mol. The minimum atomic E-state index is -0.328. The summed E-state index contributed by atoms with van der Waals surface area (Å²) in [5.74, 6) is 0. The molecule has 98 valence electrons. The molecule has 0 aliphatic rings. The summed E-state index contributed by atoms with van der Waals surface area (Å²) in [5, 5.41) is 11.6. The van der Waals surface area contributed by atoms with Crippen LogP contribution in [0.25, 0.3) is 0 Å². The summed E-state index contributed by atoms with van der Waals surface area (Å²) in [6.07, 6.45) is 0.369. The van der Waals surface area contributed by atoms with E-state index in [4.69, 9.17) is 14.7 Å². The molecule has 0 atom stereocenters. The Balaban J connectivity index is 0. The van der Waals surface area contributed by atoms with Gasteiger partial charge in [0, 0.05) is 6.42 Å². The number of nitrogens with zero attached hydrogens (tertiary/aromatic N) is 1. The van der Waals surface area contributed by atoms with Gasteiger partial charge in [0.15, 0.2) is 6.29 Å². The van der Waals surface area contributed by atoms with Gasteiger partial charge in [-0.15, -0.1) is 0 Å². The molecule has 0 heterocycles. The highest BCUT2D eigenvalue weighted by Gasteiger charge is 2.14. The summed E-state index contributed by atoms with van der Waals surface area (Å²) in [6, 6.07) is 0. The molecule has 5 heteroatoms. The molecule has 0 aromatic rings. The van der Waals surface area contributed by atoms with Gasteiger partial charge < -0.3 is 14.7 Å². The Morgan fingerprint density at radius 1 is 1.12 bits per heavy atom. The first kappa shape index (κ1) is 18.0. The Hall–Kier alpha value is -0.393. The Morgan fingerprint density at radius 2 is 1.50 bits per heavy atom. The summed E-state index contributed by atoms with van der Waals surface area (Å²) in [7, 11) is 1.31. The van der Waals surface area contributed by atoms with Crippen LogP contribution in [0, 0.1) is 0 Å². The van der Waals surface area contributed by atoms with Gasteiger partial charge in [-0.3, -0.25) is 0 Å². The van der Waals surface area contributed by atoms with E-state index in [1.54, 1.807) is 6.92 Å². The topological polar surface area (TPSA) is 51.0 Å². The Bertz CT molecular complexity index is 174. The SMILES string of the molecule is CC(CC(OC(C)C)OC(C)C)=NO.C[SiH3]. The van der Waals surface area contributed by atoms with E-state index in [-0.39, 0.29) is 18.5 Å². The lowest BCUT2D eigenvalue weighted by atomic mass is 10.3. The zero-order valence-corrected chi connectivity index (χ0v) is 13.7. The minimum absolute atomic E-state index is 0.102. The second-order valence-electron chi connectivity index (χ2n) is 3.84. The molecule has 0 rings (SSSR count). The van der Waals surface area contributed by atoms with Gasteiger partial charge in [0.2, 0.25) is 0 Å². The molecule has 4 nitrogen and oxygen atoms in total. The molecule has 0 aromatic heterocycles. The van der Waals surface area contributed by atoms with E-state index in [0.717, 1.165) is 0 Å². The molecule has 0 aliphatic heterocycles. The van der Waals surface area contributed by atoms with Crippen LogP contribution < -0.4 is 0 Å². The second-order valence-corrected chi connectivity index (χ2v) is 3.84. The molecule has 0 saturated heterocycles. The maximum Gasteiger partial charge on any atom is 0.163 e. The van der Waals surface area contributed by atoms with Crippen LogP contribution >= 0.6 is 0 Å². The fourth-order valence-electron chi connectivity index (χ4n) is 1.02. The normalized spacial score (nSPS) is 12.2. The summed E-state index contributed by atoms with van der Waals surface area (Å²) < 4.78 is 11.0. The summed E-state index contributed by atoms with van der Waals surface area (Å²) >= 11 is 0. The minimum Gasteiger partial charge on any atom is -0.411 e. The third-order valence-electron chi connectivity index (χ3n) is 1.48. The van der Waals surface area contributed by atoms with Gasteiger partial charge in [-0.25, -0.2) is 0 Å². The molecule has 0 unspecified atom stereocenters. The highest BCUT2D eigenvalue weighted by atomic mass is 28.1. The van der Waals surface area contributed by atoms with Gasteiger partial charge >= 0.3 is 0 Å². The second kappa shape index (κ2) is 11.1. The molecule has 0 fully saturated rings. The summed E-state index contributed by atoms with van der Waals surface area (Å²) in [6.45, 7) is 11.7. The first-order valence-electron chi connectivity index (χ1n) is 5.94. The number of oxime groups is 1. The van der Waals surface area contributed by atoms with Crippen LogP contribution in [0.2, 0.25) is 6.55 Å². The van der Waals surface area contributed by atoms with E-state index >= 15 is 0 Å². The lowest BCUT2D eigenvalue weighted by Gasteiger charge is -2.22. The monoisotopic (exact) mass is 249 g/mol. The lowest BCUT2D eigenvalue weighted by Crippen LogP contribution is -2.26. The highest BCUT2D eigenvalue weighted by molar-refractivity contribution is 6.05. The molecule has 0 aromatic carbocycles. The van der Waals surface area contributed by atoms with Crippen LogP contribution in [0.5, 0.6) is 0 Å². The average molecular weight is 249 g/mol. The van der Waals surface area contributed by atoms with Gasteiger partial charge in [0.25, 0.3) is 0 Å². The zero-order valence-electron chi connectivity index (χ0n) is 11.7. The van der Waals surface area contributed by atoms with E-state index in [1.165, 1.54) is 10.2 Å². The zero-order chi connectivity index (χ0) is 13.1. The molecule has 0 radical (unpaired) electrons. The van der Waals surface area contributed by atoms with Crippen LogP contribution in [0.4, 0.5) is 0 Å². The lowest BCUT2D eigenvalue weighted by molar-refractivity contribution is -0.176. The predicted octanol–water partition coefficient (Wildman–Crippen LogP) is 1.80. The first-order valence-corrected chi connectivity index (χ1v) is 7.94. The molecular weight excluding hydrogens is 222 g/mol. The van der Waals surface area contributed by atoms with E-state index in [2.05, 4.69) is 11.7 Å². The number of rotatable bonds is 6. The Kier molecular flexibility index (Phi) is 12.5. The van der Waals surface area contributed by atoms with Crippen LogP contribution in [0.3, 0.4) is 0 Å². The summed E-state index contributed by atoms with van der Waals surface area (Å²) in [5.41, 5.74) is 0.608. The maximum atomic E-state index is 8.53. The number of hydrogen-bond donors (Lipinski definition) is 1. The quantitative estimate of drug-likeness (QED) is 0.257. The molecule has 0 bridgehead atoms. The highest BCUT2D eigenvalue weighted by Crippen LogP contribution is 2.08. The third kappa shape index (κ3) is 11.7. The molecular formula is C11H27NO3Si. The number of ether oxygens (including phenoxy) is 2. The van der Waals surface area contributed by atoms with Crippen molar-refractivity contribution in [1.29, 1.82) is 0 Å². The van der Waals surface area contributed by atoms with Crippen molar-refractivity contribution in [1.82, 2.24) is 0 Å². The van der Waals surface area contributed by atoms with Crippen molar-refractivity contribution in [2.24, 2.45) is 5.16 Å². The fraction of sp³-hybridized carbons (Fsp3) is 0.909. The molecule has 0 saturated carbocycles. The van der Waals surface area contributed by atoms with Crippen LogP contribution in [0.15, 0.2) is 5.16 Å². The van der Waals surface area contributed by atoms with Gasteiger partial charge in [0.1, 0.15) is 0 Å². The molecule has 1 N–H and O–H groups in total. The van der Waals surface area contributed by atoms with Crippen molar-refractivity contribution in [3.63, 3.8) is 0 Å². The van der Waals surface area contributed by atoms with E-state index in [1.807, 2.05) is 27.7 Å². The maximum absolute atomic E-state index is 8.53. The van der Waals surface area contributed by atoms with Crippen LogP contribution in [0.1, 0.15) is 41.0 Å². The largest absolute Gasteiger partial charge is 0.411 e. The standard InChI is InChI=1S/C10H21NO3.CH6Si/c1-7(2)13-10(14-8(3)4)6-9(5)11-12;1-2/h7-8,10,12H,6H2,1-5H3;1-2H3. The van der Waals surface area contributed by atoms with E-state index < -0.39 is 0 Å². The van der Waals surface area contributed by atoms with E-state index in [0.29, 0.717) is 12.1 Å². The van der Waals surface area contributed by atoms with Gasteiger partial charge in [-0.05, 0) is 44.9 Å². The molecule has 0 amide bonds. The van der Waals surface area contributed by atoms with Crippen molar-refractivity contribution >= 4 is 16.0 Å². The van der Waals surface area contributed by atoms with Gasteiger partial charge in [-0.2, -0.15) is 0 Å². The summed E-state index contributed by atoms with van der Waals surface area (Å²) in [4.78, 5) is 0. The van der Waals surface area contributed by atoms with Crippen LogP contribution in [-0.2, 0) is 9.47 Å². The van der Waals surface area contributed by atoms with Gasteiger partial charge in [0.05, 0.1) is 17.9 Å². The third-order valence-corrected chi connectivity index (χ3v) is 1.48. The molecule has 0 aliphatic carbocycles. The molecule has 16 heavy (non-hydrogen) atoms.